The average Bonchev–Trinajstić information content (AvgIpc) is 3.85. The van der Waals surface area contributed by atoms with Crippen LogP contribution in [-0.2, 0) is 26.3 Å². The smallest absolute Gasteiger partial charge is 0.334 e. The van der Waals surface area contributed by atoms with Gasteiger partial charge in [-0.1, -0.05) is 12.1 Å². The summed E-state index contributed by atoms with van der Waals surface area (Å²) in [6.45, 7) is 0.219. The number of benzene rings is 4. The molecule has 0 amide bonds. The number of aliphatic hydroxyl groups is 1. The van der Waals surface area contributed by atoms with Crippen LogP contribution in [0.3, 0.4) is 0 Å². The first-order valence-electron chi connectivity index (χ1n) is 17.6. The lowest BCUT2D eigenvalue weighted by Crippen LogP contribution is -2.22. The molecular weight excluding hydrogens is 829 g/mol. The van der Waals surface area contributed by atoms with Gasteiger partial charge in [0.2, 0.25) is 0 Å². The quantitative estimate of drug-likeness (QED) is 0.0740. The van der Waals surface area contributed by atoms with Crippen LogP contribution in [0.15, 0.2) is 119 Å². The fourth-order valence-electron chi connectivity index (χ4n) is 5.65. The van der Waals surface area contributed by atoms with E-state index in [1.54, 1.807) is 48.7 Å². The summed E-state index contributed by atoms with van der Waals surface area (Å²) in [5.41, 5.74) is 6.14. The minimum Gasteiger partial charge on any atom is -0.487 e. The molecule has 3 N–H and O–H groups in total. The number of nitrogens with zero attached hydrogens (tertiary/aromatic N) is 5. The molecule has 13 nitrogen and oxygen atoms in total. The number of pyridine rings is 2. The number of nitrogen functional groups attached to an aromatic ring is 1. The highest BCUT2D eigenvalue weighted by Gasteiger charge is 2.17. The van der Waals surface area contributed by atoms with E-state index in [0.29, 0.717) is 37.2 Å². The van der Waals surface area contributed by atoms with E-state index >= 15 is 0 Å². The Balaban J connectivity index is 0.000000194. The second kappa shape index (κ2) is 19.2. The summed E-state index contributed by atoms with van der Waals surface area (Å²) < 4.78 is 69.4. The SMILES string of the molecule is CO.Nc1cccn(Cc2nc3cccc(OCc4ccc(F)cc4F)c3s2)c1=O.O=c1c([N+](=O)[O-])cccn1Cc1nc2cccc(OCc3ccc(F)cc3F)c2s1. The van der Waals surface area contributed by atoms with Crippen LogP contribution in [0, 0.1) is 33.4 Å². The third-order valence-corrected chi connectivity index (χ3v) is 10.6. The fraction of sp³-hybridized carbons (Fsp3) is 0.122. The number of hydrogen-bond acceptors (Lipinski definition) is 12. The van der Waals surface area contributed by atoms with Crippen LogP contribution in [-0.4, -0.2) is 36.2 Å². The van der Waals surface area contributed by atoms with Gasteiger partial charge in [-0.3, -0.25) is 19.7 Å². The standard InChI is InChI=1S/C20H13F2N3O4S.C20H15F2N3O2S.CH4O/c21-13-7-6-12(14(22)9-13)11-29-17-5-1-3-15-19(17)30-18(23-15)10-24-8-2-4-16(20(24)26)25(27)28;21-13-7-6-12(14(22)9-13)11-27-17-5-1-4-16-19(17)28-18(24-16)10-25-8-2-3-15(23)20(25)26;1-2/h1-9H,10-11H2;1-9H,10-11,23H2;2H,1H3. The van der Waals surface area contributed by atoms with E-state index in [2.05, 4.69) is 9.97 Å². The molecule has 0 radical (unpaired) electrons. The molecule has 0 unspecified atom stereocenters. The van der Waals surface area contributed by atoms with Gasteiger partial charge >= 0.3 is 11.2 Å². The number of halogens is 4. The normalized spacial score (nSPS) is 10.8. The Morgan fingerprint density at radius 2 is 1.15 bits per heavy atom. The summed E-state index contributed by atoms with van der Waals surface area (Å²) in [6.07, 6.45) is 3.11. The highest BCUT2D eigenvalue weighted by Crippen LogP contribution is 2.33. The summed E-state index contributed by atoms with van der Waals surface area (Å²) in [5, 5.41) is 19.2. The monoisotopic (exact) mass is 860 g/mol. The number of aliphatic hydroxyl groups excluding tert-OH is 1. The fourth-order valence-corrected chi connectivity index (χ4v) is 7.71. The van der Waals surface area contributed by atoms with E-state index in [0.717, 1.165) is 36.1 Å². The van der Waals surface area contributed by atoms with Gasteiger partial charge in [-0.05, 0) is 66.7 Å². The topological polar surface area (TPSA) is 178 Å². The molecule has 0 bridgehead atoms. The Morgan fingerprint density at radius 1 is 0.683 bits per heavy atom. The Hall–Kier alpha value is -6.96. The van der Waals surface area contributed by atoms with E-state index < -0.39 is 39.4 Å². The molecule has 0 atom stereocenters. The van der Waals surface area contributed by atoms with Gasteiger partial charge in [0.1, 0.15) is 58.0 Å². The Labute approximate surface area is 344 Å². The number of ether oxygens (including phenoxy) is 2. The van der Waals surface area contributed by atoms with Crippen LogP contribution in [0.25, 0.3) is 20.4 Å². The third-order valence-electron chi connectivity index (χ3n) is 8.50. The van der Waals surface area contributed by atoms with Crippen molar-refractivity contribution in [3.63, 3.8) is 0 Å². The molecule has 0 spiro atoms. The van der Waals surface area contributed by atoms with Gasteiger partial charge in [0, 0.05) is 48.8 Å². The summed E-state index contributed by atoms with van der Waals surface area (Å²) >= 11 is 2.65. The van der Waals surface area contributed by atoms with Gasteiger partial charge in [0.15, 0.2) is 0 Å². The van der Waals surface area contributed by atoms with Gasteiger partial charge in [0.25, 0.3) is 5.56 Å². The largest absolute Gasteiger partial charge is 0.487 e. The van der Waals surface area contributed by atoms with Crippen LogP contribution >= 0.6 is 22.7 Å². The number of anilines is 1. The third kappa shape index (κ3) is 10.0. The van der Waals surface area contributed by atoms with Crippen LogP contribution in [0.2, 0.25) is 0 Å². The summed E-state index contributed by atoms with van der Waals surface area (Å²) in [7, 11) is 1.00. The molecule has 4 aromatic heterocycles. The van der Waals surface area contributed by atoms with Crippen LogP contribution in [0.4, 0.5) is 28.9 Å². The van der Waals surface area contributed by atoms with E-state index in [4.69, 9.17) is 20.3 Å². The second-order valence-corrected chi connectivity index (χ2v) is 14.6. The first-order chi connectivity index (χ1) is 28.9. The number of nitro groups is 1. The van der Waals surface area contributed by atoms with Crippen LogP contribution in [0.1, 0.15) is 21.1 Å². The molecule has 308 valence electrons. The molecule has 8 rings (SSSR count). The lowest BCUT2D eigenvalue weighted by Gasteiger charge is -2.07. The predicted octanol–water partition coefficient (Wildman–Crippen LogP) is 7.83. The molecule has 0 saturated carbocycles. The maximum atomic E-state index is 13.8. The number of aromatic nitrogens is 4. The van der Waals surface area contributed by atoms with E-state index in [1.165, 1.54) is 62.3 Å². The molecular formula is C41H32F4N6O7S2. The summed E-state index contributed by atoms with van der Waals surface area (Å²) in [5.74, 6) is -1.64. The molecule has 0 saturated heterocycles. The van der Waals surface area contributed by atoms with Gasteiger partial charge in [-0.25, -0.2) is 27.5 Å². The molecule has 19 heteroatoms. The summed E-state index contributed by atoms with van der Waals surface area (Å²) in [4.78, 5) is 43.5. The first kappa shape index (κ1) is 42.6. The van der Waals surface area contributed by atoms with Crippen molar-refractivity contribution >= 4 is 54.5 Å². The zero-order valence-corrected chi connectivity index (χ0v) is 32.9. The van der Waals surface area contributed by atoms with Crippen molar-refractivity contribution < 1.29 is 37.1 Å². The lowest BCUT2D eigenvalue weighted by atomic mass is 10.2. The minimum atomic E-state index is -0.724. The first-order valence-corrected chi connectivity index (χ1v) is 19.2. The molecule has 0 aliphatic heterocycles. The highest BCUT2D eigenvalue weighted by molar-refractivity contribution is 7.19. The number of rotatable bonds is 11. The van der Waals surface area contributed by atoms with Crippen molar-refractivity contribution in [2.24, 2.45) is 0 Å². The highest BCUT2D eigenvalue weighted by atomic mass is 32.1. The number of fused-ring (bicyclic) bond motifs is 2. The Morgan fingerprint density at radius 3 is 1.62 bits per heavy atom. The van der Waals surface area contributed by atoms with Gasteiger partial charge in [-0.2, -0.15) is 0 Å². The minimum absolute atomic E-state index is 0.0346. The van der Waals surface area contributed by atoms with Crippen molar-refractivity contribution in [3.05, 3.63) is 185 Å². The van der Waals surface area contributed by atoms with Gasteiger partial charge < -0.3 is 29.4 Å². The predicted molar refractivity (Wildman–Crippen MR) is 219 cm³/mol. The number of nitrogens with two attached hydrogens (primary N) is 1. The number of hydrogen-bond donors (Lipinski definition) is 2. The zero-order chi connectivity index (χ0) is 42.9. The van der Waals surface area contributed by atoms with E-state index in [1.807, 2.05) is 6.07 Å². The average molecular weight is 861 g/mol. The Kier molecular flexibility index (Phi) is 13.6. The van der Waals surface area contributed by atoms with Crippen LogP contribution in [0.5, 0.6) is 11.5 Å². The van der Waals surface area contributed by atoms with Crippen molar-refractivity contribution in [1.82, 2.24) is 19.1 Å². The molecule has 0 fully saturated rings. The molecule has 0 aliphatic rings. The van der Waals surface area contributed by atoms with Crippen molar-refractivity contribution in [3.8, 4) is 11.5 Å². The lowest BCUT2D eigenvalue weighted by molar-refractivity contribution is -0.386. The van der Waals surface area contributed by atoms with Gasteiger partial charge in [-0.15, -0.1) is 22.7 Å². The van der Waals surface area contributed by atoms with Crippen molar-refractivity contribution in [2.75, 3.05) is 12.8 Å². The Bertz CT molecular complexity index is 2940. The molecule has 0 aliphatic carbocycles. The molecule has 60 heavy (non-hydrogen) atoms. The zero-order valence-electron chi connectivity index (χ0n) is 31.3. The van der Waals surface area contributed by atoms with Gasteiger partial charge in [0.05, 0.1) is 44.1 Å². The van der Waals surface area contributed by atoms with Crippen molar-refractivity contribution in [1.29, 1.82) is 0 Å². The van der Waals surface area contributed by atoms with Crippen LogP contribution < -0.4 is 26.3 Å². The molecule has 8 aromatic rings. The summed E-state index contributed by atoms with van der Waals surface area (Å²) in [6, 6.07) is 23.0. The van der Waals surface area contributed by atoms with Crippen molar-refractivity contribution in [2.45, 2.75) is 26.3 Å². The van der Waals surface area contributed by atoms with E-state index in [-0.39, 0.29) is 48.7 Å². The second-order valence-electron chi connectivity index (χ2n) is 12.5. The van der Waals surface area contributed by atoms with E-state index in [9.17, 15) is 37.3 Å². The molecule has 4 aromatic carbocycles. The molecule has 4 heterocycles. The maximum Gasteiger partial charge on any atom is 0.334 e. The maximum absolute atomic E-state index is 13.8. The number of thiazole rings is 2.